The molecule has 0 bridgehead atoms. The molecule has 6 heteroatoms. The van der Waals surface area contributed by atoms with E-state index in [-0.39, 0.29) is 0 Å². The van der Waals surface area contributed by atoms with Crippen LogP contribution in [-0.4, -0.2) is 27.3 Å². The second-order valence-electron chi connectivity index (χ2n) is 2.09. The van der Waals surface area contributed by atoms with E-state index in [1.165, 1.54) is 6.92 Å². The Morgan fingerprint density at radius 1 is 1.69 bits per heavy atom. The smallest absolute Gasteiger partial charge is 0.409 e. The third kappa shape index (κ3) is 5.30. The molecular weight excluding hydrogens is 289 g/mol. The van der Waals surface area contributed by atoms with Gasteiger partial charge < -0.3 is 15.2 Å². The normalized spacial score (nSPS) is 13.6. The molecule has 0 radical (unpaired) electrons. The van der Waals surface area contributed by atoms with Gasteiger partial charge in [-0.2, -0.15) is 0 Å². The molecule has 1 amide bonds. The summed E-state index contributed by atoms with van der Waals surface area (Å²) < 4.78 is 3.86. The molecule has 1 unspecified atom stereocenters. The molecule has 0 aromatic rings. The van der Waals surface area contributed by atoms with Gasteiger partial charge in [0.15, 0.2) is 0 Å². The Balaban J connectivity index is 3.89. The molecular formula is C7H8INO4. The highest BCUT2D eigenvalue weighted by atomic mass is 127. The number of halogens is 1. The number of carboxylic acids is 1. The molecule has 0 aliphatic carbocycles. The minimum Gasteiger partial charge on any atom is -0.480 e. The summed E-state index contributed by atoms with van der Waals surface area (Å²) in [5, 5.41) is 10.5. The van der Waals surface area contributed by atoms with Crippen LogP contribution in [0.5, 0.6) is 0 Å². The van der Waals surface area contributed by atoms with Gasteiger partial charge in [-0.3, -0.25) is 4.79 Å². The zero-order chi connectivity index (χ0) is 10.4. The first-order valence-corrected chi connectivity index (χ1v) is 4.52. The average molecular weight is 297 g/mol. The van der Waals surface area contributed by atoms with Crippen molar-refractivity contribution in [2.75, 3.05) is 0 Å². The zero-order valence-corrected chi connectivity index (χ0v) is 8.94. The van der Waals surface area contributed by atoms with Crippen LogP contribution < -0.4 is 5.32 Å². The summed E-state index contributed by atoms with van der Waals surface area (Å²) in [6.07, 6.45) is 4.09. The van der Waals surface area contributed by atoms with E-state index in [0.717, 1.165) is 0 Å². The Morgan fingerprint density at radius 3 is 2.62 bits per heavy atom. The number of nitrogens with one attached hydrogen (secondary N) is 1. The third-order valence-corrected chi connectivity index (χ3v) is 1.66. The van der Waals surface area contributed by atoms with Crippen molar-refractivity contribution in [3.8, 4) is 12.3 Å². The number of hydrogen-bond acceptors (Lipinski definition) is 3. The molecule has 0 rings (SSSR count). The van der Waals surface area contributed by atoms with E-state index in [9.17, 15) is 9.59 Å². The van der Waals surface area contributed by atoms with Gasteiger partial charge in [0.1, 0.15) is 6.04 Å². The molecule has 5 nitrogen and oxygen atoms in total. The summed E-state index contributed by atoms with van der Waals surface area (Å²) in [5.74, 6) is 1.02. The topological polar surface area (TPSA) is 75.6 Å². The van der Waals surface area contributed by atoms with E-state index in [4.69, 9.17) is 11.5 Å². The van der Waals surface area contributed by atoms with Crippen LogP contribution in [-0.2, 0) is 9.53 Å². The number of carbonyl (C=O) groups is 2. The van der Waals surface area contributed by atoms with Gasteiger partial charge in [0.05, 0.1) is 0 Å². The lowest BCUT2D eigenvalue weighted by atomic mass is 10.4. The molecule has 0 aromatic carbocycles. The molecule has 0 heterocycles. The van der Waals surface area contributed by atoms with E-state index in [2.05, 4.69) is 16.0 Å². The largest absolute Gasteiger partial charge is 0.480 e. The Kier molecular flexibility index (Phi) is 5.22. The molecule has 72 valence electrons. The number of terminal acetylenes is 1. The lowest BCUT2D eigenvalue weighted by Gasteiger charge is -2.10. The SMILES string of the molecule is C#CC(I)OC(=O)N[C@@H](C)C(=O)O. The fourth-order valence-electron chi connectivity index (χ4n) is 0.401. The summed E-state index contributed by atoms with van der Waals surface area (Å²) >= 11 is 1.72. The Hall–Kier alpha value is -0.970. The zero-order valence-electron chi connectivity index (χ0n) is 6.78. The van der Waals surface area contributed by atoms with Crippen molar-refractivity contribution in [3.63, 3.8) is 0 Å². The monoisotopic (exact) mass is 297 g/mol. The van der Waals surface area contributed by atoms with Gasteiger partial charge in [0.25, 0.3) is 0 Å². The molecule has 0 saturated carbocycles. The van der Waals surface area contributed by atoms with Crippen molar-refractivity contribution in [1.29, 1.82) is 0 Å². The van der Waals surface area contributed by atoms with E-state index in [1.54, 1.807) is 22.6 Å². The number of amides is 1. The Morgan fingerprint density at radius 2 is 2.23 bits per heavy atom. The molecule has 0 fully saturated rings. The van der Waals surface area contributed by atoms with Gasteiger partial charge in [0, 0.05) is 0 Å². The second-order valence-corrected chi connectivity index (χ2v) is 3.22. The molecule has 0 saturated heterocycles. The minimum atomic E-state index is -1.14. The summed E-state index contributed by atoms with van der Waals surface area (Å²) in [7, 11) is 0. The highest BCUT2D eigenvalue weighted by Crippen LogP contribution is 2.00. The molecule has 0 aliphatic heterocycles. The molecule has 13 heavy (non-hydrogen) atoms. The predicted octanol–water partition coefficient (Wildman–Crippen LogP) is 0.580. The lowest BCUT2D eigenvalue weighted by molar-refractivity contribution is -0.138. The number of carbonyl (C=O) groups excluding carboxylic acids is 1. The number of alkyl halides is 1. The lowest BCUT2D eigenvalue weighted by Crippen LogP contribution is -2.39. The van der Waals surface area contributed by atoms with Crippen LogP contribution >= 0.6 is 22.6 Å². The maximum absolute atomic E-state index is 10.8. The van der Waals surface area contributed by atoms with Crippen LogP contribution in [0.1, 0.15) is 6.92 Å². The number of rotatable bonds is 3. The van der Waals surface area contributed by atoms with E-state index >= 15 is 0 Å². The first-order chi connectivity index (χ1) is 5.97. The van der Waals surface area contributed by atoms with Crippen LogP contribution in [0.15, 0.2) is 0 Å². The van der Waals surface area contributed by atoms with Crippen LogP contribution in [0.2, 0.25) is 0 Å². The number of aliphatic carboxylic acids is 1. The first-order valence-electron chi connectivity index (χ1n) is 3.27. The number of hydrogen-bond donors (Lipinski definition) is 2. The van der Waals surface area contributed by atoms with Crippen LogP contribution in [0.25, 0.3) is 0 Å². The van der Waals surface area contributed by atoms with E-state index in [1.807, 2.05) is 0 Å². The summed E-state index contributed by atoms with van der Waals surface area (Å²) in [6, 6.07) is -0.992. The predicted molar refractivity (Wildman–Crippen MR) is 53.4 cm³/mol. The maximum atomic E-state index is 10.8. The number of ether oxygens (including phenoxy) is 1. The Labute approximate surface area is 89.0 Å². The van der Waals surface area contributed by atoms with Crippen molar-refractivity contribution in [2.45, 2.75) is 17.1 Å². The van der Waals surface area contributed by atoms with Crippen LogP contribution in [0.3, 0.4) is 0 Å². The van der Waals surface area contributed by atoms with Gasteiger partial charge in [-0.05, 0) is 29.5 Å². The third-order valence-electron chi connectivity index (χ3n) is 1.05. The molecule has 0 spiro atoms. The quantitative estimate of drug-likeness (QED) is 0.454. The van der Waals surface area contributed by atoms with Crippen LogP contribution in [0.4, 0.5) is 4.79 Å². The highest BCUT2D eigenvalue weighted by Gasteiger charge is 2.16. The average Bonchev–Trinajstić information content (AvgIpc) is 2.03. The molecule has 2 N–H and O–H groups in total. The molecule has 2 atom stereocenters. The van der Waals surface area contributed by atoms with Crippen molar-refractivity contribution in [1.82, 2.24) is 5.32 Å². The van der Waals surface area contributed by atoms with Gasteiger partial charge in [-0.1, -0.05) is 5.92 Å². The number of carboxylic acid groups (broad SMARTS) is 1. The summed E-state index contributed by atoms with van der Waals surface area (Å²) in [4.78, 5) is 21.1. The summed E-state index contributed by atoms with van der Waals surface area (Å²) in [6.45, 7) is 1.32. The Bertz CT molecular complexity index is 247. The fraction of sp³-hybridized carbons (Fsp3) is 0.429. The van der Waals surface area contributed by atoms with E-state index in [0.29, 0.717) is 0 Å². The van der Waals surface area contributed by atoms with Gasteiger partial charge in [-0.15, -0.1) is 6.42 Å². The van der Waals surface area contributed by atoms with Crippen molar-refractivity contribution in [3.05, 3.63) is 0 Å². The van der Waals surface area contributed by atoms with Gasteiger partial charge in [-0.25, -0.2) is 4.79 Å². The number of alkyl carbamates (subject to hydrolysis) is 1. The highest BCUT2D eigenvalue weighted by molar-refractivity contribution is 14.1. The fourth-order valence-corrected chi connectivity index (χ4v) is 0.631. The van der Waals surface area contributed by atoms with Gasteiger partial charge >= 0.3 is 12.1 Å². The maximum Gasteiger partial charge on any atom is 0.409 e. The molecule has 0 aromatic heterocycles. The van der Waals surface area contributed by atoms with Crippen molar-refractivity contribution < 1.29 is 19.4 Å². The summed E-state index contributed by atoms with van der Waals surface area (Å²) in [5.41, 5.74) is 0. The van der Waals surface area contributed by atoms with Crippen molar-refractivity contribution >= 4 is 34.7 Å². The van der Waals surface area contributed by atoms with Gasteiger partial charge in [0.2, 0.25) is 4.11 Å². The van der Waals surface area contributed by atoms with E-state index < -0.39 is 22.2 Å². The van der Waals surface area contributed by atoms with Crippen molar-refractivity contribution in [2.24, 2.45) is 0 Å². The first kappa shape index (κ1) is 12.0. The second kappa shape index (κ2) is 5.64. The molecule has 0 aliphatic rings. The van der Waals surface area contributed by atoms with Crippen LogP contribution in [0, 0.1) is 12.3 Å². The minimum absolute atomic E-state index is 0.696. The standard InChI is InChI=1S/C7H8INO4/c1-3-5(8)13-7(12)9-4(2)6(10)11/h1,4-5H,2H3,(H,9,12)(H,10,11)/t4-,5?/m0/s1.